The first-order valence-electron chi connectivity index (χ1n) is 7.00. The van der Waals surface area contributed by atoms with Crippen LogP contribution in [0.2, 0.25) is 0 Å². The van der Waals surface area contributed by atoms with Gasteiger partial charge in [-0.2, -0.15) is 0 Å². The summed E-state index contributed by atoms with van der Waals surface area (Å²) < 4.78 is 17.7. The van der Waals surface area contributed by atoms with Crippen molar-refractivity contribution in [2.24, 2.45) is 0 Å². The van der Waals surface area contributed by atoms with E-state index in [2.05, 4.69) is 21.2 Å². The number of hydrogen-bond acceptors (Lipinski definition) is 4. The van der Waals surface area contributed by atoms with Crippen molar-refractivity contribution in [2.75, 3.05) is 26.0 Å². The molecule has 3 unspecified atom stereocenters. The molecular formula is C15H24BrNO3S. The van der Waals surface area contributed by atoms with Gasteiger partial charge in [0, 0.05) is 28.9 Å². The van der Waals surface area contributed by atoms with Crippen LogP contribution in [0.4, 0.5) is 0 Å². The Morgan fingerprint density at radius 1 is 1.48 bits per heavy atom. The van der Waals surface area contributed by atoms with E-state index in [1.54, 1.807) is 6.26 Å². The largest absolute Gasteiger partial charge is 0.490 e. The molecule has 1 rings (SSSR count). The Hall–Kier alpha value is -0.430. The summed E-state index contributed by atoms with van der Waals surface area (Å²) in [7, 11) is -0.790. The number of halogens is 1. The van der Waals surface area contributed by atoms with Gasteiger partial charge in [0.15, 0.2) is 0 Å². The van der Waals surface area contributed by atoms with Crippen molar-refractivity contribution in [2.45, 2.75) is 31.6 Å². The predicted molar refractivity (Wildman–Crippen MR) is 91.4 cm³/mol. The molecule has 1 aromatic rings. The average molecular weight is 378 g/mol. The fourth-order valence-electron chi connectivity index (χ4n) is 1.71. The molecular weight excluding hydrogens is 354 g/mol. The van der Waals surface area contributed by atoms with E-state index in [1.165, 1.54) is 0 Å². The number of aliphatic hydroxyl groups excluding tert-OH is 1. The second-order valence-corrected chi connectivity index (χ2v) is 7.86. The molecule has 1 aromatic carbocycles. The van der Waals surface area contributed by atoms with Crippen molar-refractivity contribution in [3.8, 4) is 5.75 Å². The Balaban J connectivity index is 2.22. The van der Waals surface area contributed by atoms with E-state index in [0.29, 0.717) is 6.54 Å². The highest BCUT2D eigenvalue weighted by molar-refractivity contribution is 9.10. The van der Waals surface area contributed by atoms with Crippen molar-refractivity contribution >= 4 is 26.7 Å². The number of hydrogen-bond donors (Lipinski definition) is 2. The van der Waals surface area contributed by atoms with E-state index in [0.717, 1.165) is 28.8 Å². The second-order valence-electron chi connectivity index (χ2n) is 5.20. The van der Waals surface area contributed by atoms with E-state index in [-0.39, 0.29) is 11.9 Å². The molecule has 0 fully saturated rings. The molecule has 0 radical (unpaired) electrons. The zero-order valence-corrected chi connectivity index (χ0v) is 15.2. The third kappa shape index (κ3) is 7.40. The Bertz CT molecular complexity index is 470. The number of aliphatic hydroxyl groups is 1. The fourth-order valence-corrected chi connectivity index (χ4v) is 2.77. The zero-order valence-electron chi connectivity index (χ0n) is 12.8. The highest BCUT2D eigenvalue weighted by Crippen LogP contribution is 2.25. The summed E-state index contributed by atoms with van der Waals surface area (Å²) in [6, 6.07) is 5.83. The van der Waals surface area contributed by atoms with Crippen molar-refractivity contribution in [3.63, 3.8) is 0 Å². The molecule has 0 aromatic heterocycles. The molecule has 0 aliphatic rings. The third-order valence-corrected chi connectivity index (χ3v) is 5.18. The molecule has 0 amide bonds. The van der Waals surface area contributed by atoms with Gasteiger partial charge in [-0.1, -0.05) is 13.0 Å². The van der Waals surface area contributed by atoms with E-state index >= 15 is 0 Å². The summed E-state index contributed by atoms with van der Waals surface area (Å²) in [5, 5.41) is 13.2. The Kier molecular flexibility index (Phi) is 8.48. The van der Waals surface area contributed by atoms with Gasteiger partial charge in [-0.25, -0.2) is 0 Å². The first-order valence-corrected chi connectivity index (χ1v) is 9.41. The topological polar surface area (TPSA) is 58.6 Å². The molecule has 0 aliphatic carbocycles. The highest BCUT2D eigenvalue weighted by atomic mass is 79.9. The van der Waals surface area contributed by atoms with E-state index in [9.17, 15) is 9.32 Å². The maximum atomic E-state index is 11.2. The van der Waals surface area contributed by atoms with Gasteiger partial charge in [-0.05, 0) is 53.5 Å². The van der Waals surface area contributed by atoms with Gasteiger partial charge in [0.1, 0.15) is 18.5 Å². The van der Waals surface area contributed by atoms with Crippen LogP contribution < -0.4 is 10.1 Å². The molecule has 0 bridgehead atoms. The van der Waals surface area contributed by atoms with Crippen LogP contribution in [0.15, 0.2) is 22.7 Å². The van der Waals surface area contributed by atoms with Crippen LogP contribution in [-0.4, -0.2) is 46.6 Å². The van der Waals surface area contributed by atoms with Crippen molar-refractivity contribution < 1.29 is 14.1 Å². The van der Waals surface area contributed by atoms with Crippen LogP contribution in [-0.2, 0) is 10.8 Å². The maximum absolute atomic E-state index is 11.2. The second kappa shape index (κ2) is 9.56. The van der Waals surface area contributed by atoms with Crippen LogP contribution in [0.5, 0.6) is 5.75 Å². The van der Waals surface area contributed by atoms with E-state index in [1.807, 2.05) is 32.0 Å². The maximum Gasteiger partial charge on any atom is 0.133 e. The predicted octanol–water partition coefficient (Wildman–Crippen LogP) is 2.24. The lowest BCUT2D eigenvalue weighted by atomic mass is 10.2. The van der Waals surface area contributed by atoms with Crippen molar-refractivity contribution in [1.82, 2.24) is 5.32 Å². The lowest BCUT2D eigenvalue weighted by Crippen LogP contribution is -2.33. The highest BCUT2D eigenvalue weighted by Gasteiger charge is 2.09. The van der Waals surface area contributed by atoms with Gasteiger partial charge in [0.25, 0.3) is 0 Å². The van der Waals surface area contributed by atoms with Gasteiger partial charge in [0.05, 0.1) is 4.47 Å². The monoisotopic (exact) mass is 377 g/mol. The first kappa shape index (κ1) is 18.6. The summed E-state index contributed by atoms with van der Waals surface area (Å²) in [5.41, 5.74) is 1.15. The number of benzene rings is 1. The standard InChI is InChI=1S/C15H24BrNO3S/c1-11-4-5-15(14(16)8-11)20-10-13(18)9-17-7-6-12(2)21(3)19/h4-5,8,12-13,17-18H,6-7,9-10H2,1-3H3. The summed E-state index contributed by atoms with van der Waals surface area (Å²) in [6.45, 7) is 5.42. The quantitative estimate of drug-likeness (QED) is 0.647. The SMILES string of the molecule is Cc1ccc(OCC(O)CNCCC(C)S(C)=O)c(Br)c1. The molecule has 0 saturated heterocycles. The van der Waals surface area contributed by atoms with E-state index in [4.69, 9.17) is 4.74 Å². The number of aryl methyl sites for hydroxylation is 1. The average Bonchev–Trinajstić information content (AvgIpc) is 2.42. The molecule has 0 spiro atoms. The van der Waals surface area contributed by atoms with E-state index < -0.39 is 16.9 Å². The molecule has 0 aliphatic heterocycles. The minimum atomic E-state index is -0.790. The molecule has 6 heteroatoms. The fraction of sp³-hybridized carbons (Fsp3) is 0.600. The van der Waals surface area contributed by atoms with Crippen LogP contribution in [0.1, 0.15) is 18.9 Å². The normalized spacial score (nSPS) is 15.5. The van der Waals surface area contributed by atoms with Crippen molar-refractivity contribution in [3.05, 3.63) is 28.2 Å². The minimum absolute atomic E-state index is 0.175. The molecule has 120 valence electrons. The molecule has 0 heterocycles. The minimum Gasteiger partial charge on any atom is -0.490 e. The Morgan fingerprint density at radius 2 is 2.19 bits per heavy atom. The van der Waals surface area contributed by atoms with Gasteiger partial charge >= 0.3 is 0 Å². The molecule has 3 atom stereocenters. The first-order chi connectivity index (χ1) is 9.90. The Morgan fingerprint density at radius 3 is 2.81 bits per heavy atom. The molecule has 2 N–H and O–H groups in total. The molecule has 0 saturated carbocycles. The number of ether oxygens (including phenoxy) is 1. The number of nitrogens with one attached hydrogen (secondary N) is 1. The zero-order chi connectivity index (χ0) is 15.8. The van der Waals surface area contributed by atoms with Crippen LogP contribution in [0.3, 0.4) is 0 Å². The van der Waals surface area contributed by atoms with Gasteiger partial charge in [0.2, 0.25) is 0 Å². The smallest absolute Gasteiger partial charge is 0.133 e. The number of rotatable bonds is 9. The van der Waals surface area contributed by atoms with Crippen LogP contribution >= 0.6 is 15.9 Å². The lowest BCUT2D eigenvalue weighted by Gasteiger charge is -2.15. The Labute approximate surface area is 137 Å². The summed E-state index contributed by atoms with van der Waals surface area (Å²) in [6.07, 6.45) is 1.98. The molecule has 21 heavy (non-hydrogen) atoms. The summed E-state index contributed by atoms with van der Waals surface area (Å²) >= 11 is 3.44. The third-order valence-electron chi connectivity index (χ3n) is 3.19. The van der Waals surface area contributed by atoms with Gasteiger partial charge in [-0.3, -0.25) is 4.21 Å². The van der Waals surface area contributed by atoms with Gasteiger partial charge in [-0.15, -0.1) is 0 Å². The lowest BCUT2D eigenvalue weighted by molar-refractivity contribution is 0.106. The van der Waals surface area contributed by atoms with Gasteiger partial charge < -0.3 is 15.2 Å². The summed E-state index contributed by atoms with van der Waals surface area (Å²) in [5.74, 6) is 0.731. The van der Waals surface area contributed by atoms with Crippen molar-refractivity contribution in [1.29, 1.82) is 0 Å². The van der Waals surface area contributed by atoms with Crippen LogP contribution in [0.25, 0.3) is 0 Å². The van der Waals surface area contributed by atoms with Crippen LogP contribution in [0, 0.1) is 6.92 Å². The summed E-state index contributed by atoms with van der Waals surface area (Å²) in [4.78, 5) is 0. The molecule has 4 nitrogen and oxygen atoms in total.